The highest BCUT2D eigenvalue weighted by molar-refractivity contribution is 5.89. The number of carbonyl (C=O) groups is 1. The van der Waals surface area contributed by atoms with Gasteiger partial charge < -0.3 is 10.2 Å². The van der Waals surface area contributed by atoms with Gasteiger partial charge in [0.25, 0.3) is 0 Å². The molecule has 3 aromatic rings. The fourth-order valence-corrected chi connectivity index (χ4v) is 3.68. The molecule has 0 bridgehead atoms. The van der Waals surface area contributed by atoms with Gasteiger partial charge >= 0.3 is 6.03 Å². The molecule has 1 atom stereocenters. The second-order valence-electron chi connectivity index (χ2n) is 7.29. The Morgan fingerprint density at radius 3 is 2.69 bits per heavy atom. The quantitative estimate of drug-likeness (QED) is 0.700. The smallest absolute Gasteiger partial charge is 0.321 e. The maximum atomic E-state index is 13.6. The Kier molecular flexibility index (Phi) is 5.55. The number of anilines is 1. The Hall–Kier alpha value is -3.22. The lowest BCUT2D eigenvalue weighted by atomic mass is 9.90. The highest BCUT2D eigenvalue weighted by atomic mass is 19.2. The molecular formula is C22H22F2N4O. The first kappa shape index (κ1) is 19.1. The summed E-state index contributed by atoms with van der Waals surface area (Å²) in [6.45, 7) is 1.79. The van der Waals surface area contributed by atoms with Gasteiger partial charge in [0.05, 0.1) is 6.54 Å². The summed E-state index contributed by atoms with van der Waals surface area (Å²) in [5, 5.41) is 7.10. The van der Waals surface area contributed by atoms with E-state index in [1.807, 2.05) is 41.2 Å². The molecule has 2 heterocycles. The molecule has 150 valence electrons. The van der Waals surface area contributed by atoms with Gasteiger partial charge in [0.15, 0.2) is 11.6 Å². The van der Waals surface area contributed by atoms with E-state index >= 15 is 0 Å². The third-order valence-electron chi connectivity index (χ3n) is 5.23. The van der Waals surface area contributed by atoms with Crippen molar-refractivity contribution in [2.24, 2.45) is 0 Å². The summed E-state index contributed by atoms with van der Waals surface area (Å²) in [5.74, 6) is -1.70. The van der Waals surface area contributed by atoms with E-state index in [9.17, 15) is 13.6 Å². The molecule has 1 aliphatic heterocycles. The number of likely N-dealkylation sites (tertiary alicyclic amines) is 1. The Balaban J connectivity index is 1.37. The number of urea groups is 1. The van der Waals surface area contributed by atoms with Gasteiger partial charge in [-0.05, 0) is 54.3 Å². The molecular weight excluding hydrogens is 374 g/mol. The summed E-state index contributed by atoms with van der Waals surface area (Å²) < 4.78 is 28.6. The zero-order valence-electron chi connectivity index (χ0n) is 15.9. The lowest BCUT2D eigenvalue weighted by Gasteiger charge is -2.33. The largest absolute Gasteiger partial charge is 0.324 e. The number of rotatable bonds is 4. The number of piperidine rings is 1. The highest BCUT2D eigenvalue weighted by Gasteiger charge is 2.25. The van der Waals surface area contributed by atoms with Crippen molar-refractivity contribution in [3.63, 3.8) is 0 Å². The SMILES string of the molecule is O=C(Nc1ccc(Cn2cccn2)cc1)N1CCCC(c2ccc(F)c(F)c2)C1. The zero-order valence-corrected chi connectivity index (χ0v) is 15.9. The van der Waals surface area contributed by atoms with Crippen LogP contribution < -0.4 is 5.32 Å². The summed E-state index contributed by atoms with van der Waals surface area (Å²) in [4.78, 5) is 14.4. The van der Waals surface area contributed by atoms with E-state index in [1.165, 1.54) is 6.07 Å². The van der Waals surface area contributed by atoms with Crippen LogP contribution in [0, 0.1) is 11.6 Å². The van der Waals surface area contributed by atoms with Crippen LogP contribution in [0.25, 0.3) is 0 Å². The Labute approximate surface area is 168 Å². The molecule has 7 heteroatoms. The zero-order chi connectivity index (χ0) is 20.2. The molecule has 1 aromatic heterocycles. The average molecular weight is 396 g/mol. The van der Waals surface area contributed by atoms with Crippen LogP contribution in [0.1, 0.15) is 29.9 Å². The van der Waals surface area contributed by atoms with Crippen molar-refractivity contribution in [3.8, 4) is 0 Å². The fraction of sp³-hybridized carbons (Fsp3) is 0.273. The van der Waals surface area contributed by atoms with Crippen molar-refractivity contribution in [2.45, 2.75) is 25.3 Å². The van der Waals surface area contributed by atoms with Crippen molar-refractivity contribution in [1.29, 1.82) is 0 Å². The number of carbonyl (C=O) groups excluding carboxylic acids is 1. The van der Waals surface area contributed by atoms with Crippen LogP contribution in [0.4, 0.5) is 19.3 Å². The number of hydrogen-bond acceptors (Lipinski definition) is 2. The molecule has 29 heavy (non-hydrogen) atoms. The Morgan fingerprint density at radius 1 is 1.14 bits per heavy atom. The predicted octanol–water partition coefficient (Wildman–Crippen LogP) is 4.62. The topological polar surface area (TPSA) is 50.2 Å². The monoisotopic (exact) mass is 396 g/mol. The van der Waals surface area contributed by atoms with Crippen LogP contribution >= 0.6 is 0 Å². The van der Waals surface area contributed by atoms with Crippen LogP contribution in [0.3, 0.4) is 0 Å². The fourth-order valence-electron chi connectivity index (χ4n) is 3.68. The average Bonchev–Trinajstić information content (AvgIpc) is 3.25. The molecule has 1 N–H and O–H groups in total. The highest BCUT2D eigenvalue weighted by Crippen LogP contribution is 2.28. The minimum Gasteiger partial charge on any atom is -0.324 e. The third-order valence-corrected chi connectivity index (χ3v) is 5.23. The van der Waals surface area contributed by atoms with Gasteiger partial charge in [0, 0.05) is 37.1 Å². The third kappa shape index (κ3) is 4.62. The van der Waals surface area contributed by atoms with Crippen molar-refractivity contribution in [2.75, 3.05) is 18.4 Å². The lowest BCUT2D eigenvalue weighted by molar-refractivity contribution is 0.192. The number of amides is 2. The van der Waals surface area contributed by atoms with E-state index in [0.29, 0.717) is 25.3 Å². The minimum absolute atomic E-state index is 0.000969. The van der Waals surface area contributed by atoms with Crippen LogP contribution in [0.15, 0.2) is 60.9 Å². The van der Waals surface area contributed by atoms with Crippen molar-refractivity contribution < 1.29 is 13.6 Å². The van der Waals surface area contributed by atoms with E-state index in [1.54, 1.807) is 17.2 Å². The lowest BCUT2D eigenvalue weighted by Crippen LogP contribution is -2.41. The Morgan fingerprint density at radius 2 is 1.97 bits per heavy atom. The second-order valence-corrected chi connectivity index (χ2v) is 7.29. The number of aromatic nitrogens is 2. The first-order valence-electron chi connectivity index (χ1n) is 9.66. The molecule has 0 aliphatic carbocycles. The number of nitrogens with one attached hydrogen (secondary N) is 1. The summed E-state index contributed by atoms with van der Waals surface area (Å²) >= 11 is 0. The van der Waals surface area contributed by atoms with Crippen molar-refractivity contribution >= 4 is 11.7 Å². The molecule has 0 radical (unpaired) electrons. The maximum absolute atomic E-state index is 13.6. The number of nitrogens with zero attached hydrogens (tertiary/aromatic N) is 3. The van der Waals surface area contributed by atoms with Crippen LogP contribution in [0.5, 0.6) is 0 Å². The van der Waals surface area contributed by atoms with Crippen LogP contribution in [0.2, 0.25) is 0 Å². The van der Waals surface area contributed by atoms with E-state index in [4.69, 9.17) is 0 Å². The van der Waals surface area contributed by atoms with E-state index in [0.717, 1.165) is 30.0 Å². The van der Waals surface area contributed by atoms with E-state index < -0.39 is 11.6 Å². The van der Waals surface area contributed by atoms with Gasteiger partial charge in [0.2, 0.25) is 0 Å². The van der Waals surface area contributed by atoms with Gasteiger partial charge in [-0.15, -0.1) is 0 Å². The summed E-state index contributed by atoms with van der Waals surface area (Å²) in [5.41, 5.74) is 2.53. The first-order valence-corrected chi connectivity index (χ1v) is 9.66. The van der Waals surface area contributed by atoms with Crippen molar-refractivity contribution in [1.82, 2.24) is 14.7 Å². The van der Waals surface area contributed by atoms with Gasteiger partial charge in [-0.3, -0.25) is 4.68 Å². The van der Waals surface area contributed by atoms with Crippen LogP contribution in [-0.4, -0.2) is 33.8 Å². The molecule has 4 rings (SSSR count). The molecule has 0 saturated carbocycles. The molecule has 1 saturated heterocycles. The molecule has 0 spiro atoms. The molecule has 5 nitrogen and oxygen atoms in total. The van der Waals surface area contributed by atoms with Crippen molar-refractivity contribution in [3.05, 3.63) is 83.7 Å². The van der Waals surface area contributed by atoms with E-state index in [-0.39, 0.29) is 11.9 Å². The molecule has 1 aliphatic rings. The van der Waals surface area contributed by atoms with Gasteiger partial charge in [-0.2, -0.15) is 5.10 Å². The van der Waals surface area contributed by atoms with E-state index in [2.05, 4.69) is 10.4 Å². The summed E-state index contributed by atoms with van der Waals surface area (Å²) in [7, 11) is 0. The van der Waals surface area contributed by atoms with Gasteiger partial charge in [-0.1, -0.05) is 18.2 Å². The standard InChI is InChI=1S/C22H22F2N4O/c23-20-9-6-17(13-21(20)24)18-3-1-11-27(15-18)22(29)26-19-7-4-16(5-8-19)14-28-12-2-10-25-28/h2,4-10,12-13,18H,1,3,11,14-15H2,(H,26,29). The molecule has 1 unspecified atom stereocenters. The maximum Gasteiger partial charge on any atom is 0.321 e. The van der Waals surface area contributed by atoms with Gasteiger partial charge in [-0.25, -0.2) is 13.6 Å². The first-order chi connectivity index (χ1) is 14.1. The minimum atomic E-state index is -0.852. The summed E-state index contributed by atoms with van der Waals surface area (Å²) in [6, 6.07) is 13.3. The predicted molar refractivity (Wildman–Crippen MR) is 107 cm³/mol. The van der Waals surface area contributed by atoms with Gasteiger partial charge in [0.1, 0.15) is 0 Å². The summed E-state index contributed by atoms with van der Waals surface area (Å²) in [6.07, 6.45) is 5.30. The molecule has 1 fully saturated rings. The molecule has 2 amide bonds. The molecule has 2 aromatic carbocycles. The Bertz CT molecular complexity index is 973. The number of hydrogen-bond donors (Lipinski definition) is 1. The second kappa shape index (κ2) is 8.43. The number of benzene rings is 2. The van der Waals surface area contributed by atoms with Crippen LogP contribution in [-0.2, 0) is 6.54 Å². The number of halogens is 2. The normalized spacial score (nSPS) is 16.6.